The normalized spacial score (nSPS) is 16.9. The van der Waals surface area contributed by atoms with Crippen molar-refractivity contribution in [2.75, 3.05) is 26.2 Å². The van der Waals surface area contributed by atoms with Crippen LogP contribution in [0.4, 0.5) is 0 Å². The Bertz CT molecular complexity index is 422. The van der Waals surface area contributed by atoms with Gasteiger partial charge in [0.25, 0.3) is 0 Å². The first-order valence-electron chi connectivity index (χ1n) is 7.99. The second-order valence-electron chi connectivity index (χ2n) is 5.50. The molecule has 1 heterocycles. The zero-order valence-electron chi connectivity index (χ0n) is 13.3. The van der Waals surface area contributed by atoms with Crippen LogP contribution >= 0.6 is 12.4 Å². The lowest BCUT2D eigenvalue weighted by Gasteiger charge is -2.28. The third kappa shape index (κ3) is 5.85. The minimum absolute atomic E-state index is 0. The van der Waals surface area contributed by atoms with Crippen LogP contribution in [-0.2, 0) is 4.79 Å². The summed E-state index contributed by atoms with van der Waals surface area (Å²) in [7, 11) is 0. The largest absolute Gasteiger partial charge is 0.494 e. The molecule has 1 aromatic carbocycles. The lowest BCUT2D eigenvalue weighted by atomic mass is 10.1. The zero-order valence-corrected chi connectivity index (χ0v) is 14.1. The molecule has 1 N–H and O–H groups in total. The predicted molar refractivity (Wildman–Crippen MR) is 91.7 cm³/mol. The second-order valence-corrected chi connectivity index (χ2v) is 5.50. The molecule has 1 saturated heterocycles. The van der Waals surface area contributed by atoms with E-state index in [-0.39, 0.29) is 18.3 Å². The summed E-state index contributed by atoms with van der Waals surface area (Å²) < 4.78 is 5.64. The number of hydrogen-bond acceptors (Lipinski definition) is 3. The Morgan fingerprint density at radius 3 is 2.77 bits per heavy atom. The maximum Gasteiger partial charge on any atom is 0.222 e. The van der Waals surface area contributed by atoms with Crippen molar-refractivity contribution in [3.8, 4) is 5.75 Å². The number of nitrogens with zero attached hydrogens (tertiary/aromatic N) is 1. The van der Waals surface area contributed by atoms with E-state index in [2.05, 4.69) is 17.1 Å². The van der Waals surface area contributed by atoms with Gasteiger partial charge in [-0.1, -0.05) is 25.1 Å². The van der Waals surface area contributed by atoms with Gasteiger partial charge in [0.15, 0.2) is 0 Å². The first-order chi connectivity index (χ1) is 10.3. The molecule has 5 heteroatoms. The summed E-state index contributed by atoms with van der Waals surface area (Å²) in [5.74, 6) is 1.14. The Morgan fingerprint density at radius 1 is 1.36 bits per heavy atom. The average molecular weight is 327 g/mol. The van der Waals surface area contributed by atoms with Crippen LogP contribution in [0.2, 0.25) is 0 Å². The third-order valence-electron chi connectivity index (χ3n) is 3.81. The van der Waals surface area contributed by atoms with Crippen molar-refractivity contribution in [3.63, 3.8) is 0 Å². The Kier molecular flexibility index (Phi) is 8.94. The van der Waals surface area contributed by atoms with Crippen LogP contribution in [0.3, 0.4) is 0 Å². The maximum atomic E-state index is 12.4. The lowest BCUT2D eigenvalue weighted by molar-refractivity contribution is -0.133. The molecule has 0 bridgehead atoms. The van der Waals surface area contributed by atoms with Crippen molar-refractivity contribution in [2.24, 2.45) is 0 Å². The van der Waals surface area contributed by atoms with Gasteiger partial charge in [-0.15, -0.1) is 12.4 Å². The van der Waals surface area contributed by atoms with Gasteiger partial charge in [-0.2, -0.15) is 0 Å². The highest BCUT2D eigenvalue weighted by Crippen LogP contribution is 2.13. The van der Waals surface area contributed by atoms with Crippen molar-refractivity contribution >= 4 is 18.3 Å². The van der Waals surface area contributed by atoms with Crippen LogP contribution in [0.1, 0.15) is 32.6 Å². The van der Waals surface area contributed by atoms with Gasteiger partial charge in [-0.25, -0.2) is 0 Å². The van der Waals surface area contributed by atoms with Crippen LogP contribution in [0.25, 0.3) is 0 Å². The number of halogens is 1. The van der Waals surface area contributed by atoms with E-state index in [0.717, 1.165) is 44.6 Å². The van der Waals surface area contributed by atoms with Crippen LogP contribution < -0.4 is 10.1 Å². The van der Waals surface area contributed by atoms with Gasteiger partial charge < -0.3 is 15.0 Å². The van der Waals surface area contributed by atoms with Gasteiger partial charge in [0.2, 0.25) is 5.91 Å². The van der Waals surface area contributed by atoms with Crippen molar-refractivity contribution in [3.05, 3.63) is 30.3 Å². The van der Waals surface area contributed by atoms with Crippen LogP contribution in [0, 0.1) is 0 Å². The summed E-state index contributed by atoms with van der Waals surface area (Å²) in [5, 5.41) is 3.34. The molecule has 0 radical (unpaired) electrons. The molecule has 1 fully saturated rings. The first kappa shape index (κ1) is 18.8. The van der Waals surface area contributed by atoms with Gasteiger partial charge in [-0.05, 0) is 37.9 Å². The Hall–Kier alpha value is -1.26. The minimum atomic E-state index is 0. The van der Waals surface area contributed by atoms with E-state index in [4.69, 9.17) is 4.74 Å². The molecule has 0 aliphatic carbocycles. The Labute approximate surface area is 139 Å². The Balaban J connectivity index is 0.00000242. The maximum absolute atomic E-state index is 12.4. The molecule has 0 saturated carbocycles. The number of amides is 1. The van der Waals surface area contributed by atoms with Gasteiger partial charge in [0, 0.05) is 25.6 Å². The van der Waals surface area contributed by atoms with Crippen molar-refractivity contribution in [1.82, 2.24) is 10.2 Å². The highest BCUT2D eigenvalue weighted by Gasteiger charge is 2.25. The molecular formula is C17H27ClN2O2. The van der Waals surface area contributed by atoms with Crippen molar-refractivity contribution < 1.29 is 9.53 Å². The standard InChI is InChI=1S/C17H26N2O2.ClH/c1-2-12-19(15-10-11-18-14-15)17(20)9-6-13-21-16-7-4-3-5-8-16;/h3-5,7-8,15,18H,2,6,9-14H2,1H3;1H. The summed E-state index contributed by atoms with van der Waals surface area (Å²) in [5.41, 5.74) is 0. The van der Waals surface area contributed by atoms with E-state index in [1.807, 2.05) is 30.3 Å². The van der Waals surface area contributed by atoms with Gasteiger partial charge in [0.05, 0.1) is 6.61 Å². The predicted octanol–water partition coefficient (Wildman–Crippen LogP) is 2.87. The quantitative estimate of drug-likeness (QED) is 0.747. The molecule has 0 spiro atoms. The minimum Gasteiger partial charge on any atom is -0.494 e. The number of rotatable bonds is 8. The van der Waals surface area contributed by atoms with Crippen LogP contribution in [0.15, 0.2) is 30.3 Å². The fourth-order valence-corrected chi connectivity index (χ4v) is 2.73. The molecule has 1 aromatic rings. The smallest absolute Gasteiger partial charge is 0.222 e. The van der Waals surface area contributed by atoms with E-state index in [1.54, 1.807) is 0 Å². The topological polar surface area (TPSA) is 41.6 Å². The summed E-state index contributed by atoms with van der Waals surface area (Å²) in [4.78, 5) is 14.4. The molecule has 1 amide bonds. The van der Waals surface area contributed by atoms with E-state index in [0.29, 0.717) is 19.1 Å². The molecule has 1 unspecified atom stereocenters. The van der Waals surface area contributed by atoms with Crippen molar-refractivity contribution in [1.29, 1.82) is 0 Å². The summed E-state index contributed by atoms with van der Waals surface area (Å²) >= 11 is 0. The highest BCUT2D eigenvalue weighted by molar-refractivity contribution is 5.85. The lowest BCUT2D eigenvalue weighted by Crippen LogP contribution is -2.42. The number of hydrogen-bond donors (Lipinski definition) is 1. The number of para-hydroxylation sites is 1. The van der Waals surface area contributed by atoms with E-state index in [9.17, 15) is 4.79 Å². The zero-order chi connectivity index (χ0) is 14.9. The monoisotopic (exact) mass is 326 g/mol. The fraction of sp³-hybridized carbons (Fsp3) is 0.588. The van der Waals surface area contributed by atoms with Gasteiger partial charge in [-0.3, -0.25) is 4.79 Å². The SMILES string of the molecule is CCCN(C(=O)CCCOc1ccccc1)C1CCNC1.Cl. The van der Waals surface area contributed by atoms with E-state index >= 15 is 0 Å². The molecule has 1 aliphatic heterocycles. The molecule has 124 valence electrons. The summed E-state index contributed by atoms with van der Waals surface area (Å²) in [6, 6.07) is 10.1. The van der Waals surface area contributed by atoms with Gasteiger partial charge in [0.1, 0.15) is 5.75 Å². The molecule has 2 rings (SSSR count). The number of carbonyl (C=O) groups excluding carboxylic acids is 1. The van der Waals surface area contributed by atoms with Crippen LogP contribution in [-0.4, -0.2) is 43.1 Å². The van der Waals surface area contributed by atoms with Crippen molar-refractivity contribution in [2.45, 2.75) is 38.6 Å². The van der Waals surface area contributed by atoms with E-state index < -0.39 is 0 Å². The average Bonchev–Trinajstić information content (AvgIpc) is 3.04. The summed E-state index contributed by atoms with van der Waals surface area (Å²) in [6.45, 7) is 5.55. The molecule has 4 nitrogen and oxygen atoms in total. The van der Waals surface area contributed by atoms with Crippen LogP contribution in [0.5, 0.6) is 5.75 Å². The first-order valence-corrected chi connectivity index (χ1v) is 7.99. The molecular weight excluding hydrogens is 300 g/mol. The number of benzene rings is 1. The molecule has 22 heavy (non-hydrogen) atoms. The number of carbonyl (C=O) groups is 1. The van der Waals surface area contributed by atoms with E-state index in [1.165, 1.54) is 0 Å². The third-order valence-corrected chi connectivity index (χ3v) is 3.81. The molecule has 1 aliphatic rings. The number of nitrogens with one attached hydrogen (secondary N) is 1. The number of ether oxygens (including phenoxy) is 1. The Morgan fingerprint density at radius 2 is 2.14 bits per heavy atom. The van der Waals surface area contributed by atoms with Gasteiger partial charge >= 0.3 is 0 Å². The fourth-order valence-electron chi connectivity index (χ4n) is 2.73. The molecule has 0 aromatic heterocycles. The highest BCUT2D eigenvalue weighted by atomic mass is 35.5. The summed E-state index contributed by atoms with van der Waals surface area (Å²) in [6.07, 6.45) is 3.44. The molecule has 1 atom stereocenters. The second kappa shape index (κ2) is 10.5.